The van der Waals surface area contributed by atoms with Crippen molar-refractivity contribution in [3.05, 3.63) is 187 Å². The van der Waals surface area contributed by atoms with E-state index in [1.165, 1.54) is 147 Å². The first-order valence-electron chi connectivity index (χ1n) is 23.9. The molecular weight excluding hydrogens is 811 g/mol. The van der Waals surface area contributed by atoms with Crippen LogP contribution in [0.3, 0.4) is 0 Å². The zero-order valence-corrected chi connectivity index (χ0v) is 38.6. The van der Waals surface area contributed by atoms with Gasteiger partial charge in [-0.2, -0.15) is 0 Å². The molecule has 10 aromatic carbocycles. The number of aromatic nitrogens is 3. The van der Waals surface area contributed by atoms with Gasteiger partial charge in [0.2, 0.25) is 0 Å². The van der Waals surface area contributed by atoms with Crippen LogP contribution in [0.2, 0.25) is 0 Å². The van der Waals surface area contributed by atoms with Crippen molar-refractivity contribution in [3.63, 3.8) is 0 Å². The number of hydrogen-bond acceptors (Lipinski definition) is 0. The predicted octanol–water partition coefficient (Wildman–Crippen LogP) is 17.7. The van der Waals surface area contributed by atoms with E-state index in [2.05, 4.69) is 231 Å². The fourth-order valence-corrected chi connectivity index (χ4v) is 12.4. The molecule has 0 amide bonds. The first-order chi connectivity index (χ1) is 32.5. The molecule has 0 spiro atoms. The zero-order valence-electron chi connectivity index (χ0n) is 38.6. The Morgan fingerprint density at radius 2 is 0.851 bits per heavy atom. The molecule has 0 N–H and O–H groups in total. The molecule has 3 heteroatoms. The van der Waals surface area contributed by atoms with Gasteiger partial charge in [0, 0.05) is 65.1 Å². The first-order valence-corrected chi connectivity index (χ1v) is 23.9. The van der Waals surface area contributed by atoms with E-state index < -0.39 is 0 Å². The Bertz CT molecular complexity index is 4620. The van der Waals surface area contributed by atoms with Crippen molar-refractivity contribution in [3.8, 4) is 16.8 Å². The highest BCUT2D eigenvalue weighted by atomic mass is 15.0. The van der Waals surface area contributed by atoms with Crippen LogP contribution in [0.5, 0.6) is 0 Å². The molecule has 0 aliphatic rings. The van der Waals surface area contributed by atoms with Gasteiger partial charge in [-0.3, -0.25) is 0 Å². The number of para-hydroxylation sites is 2. The number of nitrogens with zero attached hydrogens (tertiary/aromatic N) is 3. The Labute approximate surface area is 387 Å². The van der Waals surface area contributed by atoms with Gasteiger partial charge in [0.05, 0.1) is 44.1 Å². The lowest BCUT2D eigenvalue weighted by Crippen LogP contribution is -2.10. The van der Waals surface area contributed by atoms with E-state index in [0.29, 0.717) is 0 Å². The smallest absolute Gasteiger partial charge is 0.0627 e. The maximum atomic E-state index is 2.65. The maximum Gasteiger partial charge on any atom is 0.0627 e. The summed E-state index contributed by atoms with van der Waals surface area (Å²) >= 11 is 0. The second-order valence-electron chi connectivity index (χ2n) is 21.3. The Hall–Kier alpha value is -7.88. The molecule has 0 atom stereocenters. The van der Waals surface area contributed by atoms with Crippen molar-refractivity contribution in [1.29, 1.82) is 0 Å². The summed E-state index contributed by atoms with van der Waals surface area (Å²) in [7, 11) is 0. The quantitative estimate of drug-likeness (QED) is 0.164. The second kappa shape index (κ2) is 12.5. The average Bonchev–Trinajstić information content (AvgIpc) is 4.13. The number of hydrogen-bond donors (Lipinski definition) is 0. The minimum atomic E-state index is -0.0757. The Morgan fingerprint density at radius 1 is 0.313 bits per heavy atom. The van der Waals surface area contributed by atoms with Gasteiger partial charge in [-0.25, -0.2) is 0 Å². The molecule has 15 aromatic rings. The third-order valence-electron chi connectivity index (χ3n) is 15.5. The van der Waals surface area contributed by atoms with Crippen LogP contribution in [0.1, 0.15) is 52.7 Å². The Balaban J connectivity index is 1.14. The molecule has 5 heterocycles. The third-order valence-corrected chi connectivity index (χ3v) is 15.5. The molecular formula is C64H47N3. The fourth-order valence-electron chi connectivity index (χ4n) is 12.4. The van der Waals surface area contributed by atoms with Crippen LogP contribution in [-0.2, 0) is 10.8 Å². The molecule has 0 bridgehead atoms. The van der Waals surface area contributed by atoms with Gasteiger partial charge >= 0.3 is 0 Å². The maximum absolute atomic E-state index is 2.65. The number of benzene rings is 10. The molecule has 67 heavy (non-hydrogen) atoms. The molecule has 0 aliphatic heterocycles. The molecule has 0 unspecified atom stereocenters. The van der Waals surface area contributed by atoms with Gasteiger partial charge in [0.1, 0.15) is 0 Å². The van der Waals surface area contributed by atoms with Crippen LogP contribution >= 0.6 is 0 Å². The van der Waals surface area contributed by atoms with Gasteiger partial charge < -0.3 is 13.4 Å². The van der Waals surface area contributed by atoms with E-state index in [9.17, 15) is 0 Å². The van der Waals surface area contributed by atoms with Crippen LogP contribution < -0.4 is 0 Å². The van der Waals surface area contributed by atoms with E-state index in [4.69, 9.17) is 0 Å². The zero-order chi connectivity index (χ0) is 44.8. The number of fused-ring (bicyclic) bond motifs is 20. The molecule has 5 aromatic heterocycles. The molecule has 3 nitrogen and oxygen atoms in total. The van der Waals surface area contributed by atoms with Gasteiger partial charge in [-0.05, 0) is 128 Å². The summed E-state index contributed by atoms with van der Waals surface area (Å²) in [5.41, 5.74) is 16.4. The van der Waals surface area contributed by atoms with Gasteiger partial charge in [-0.1, -0.05) is 139 Å². The van der Waals surface area contributed by atoms with E-state index in [-0.39, 0.29) is 10.8 Å². The van der Waals surface area contributed by atoms with Crippen LogP contribution in [0.25, 0.3) is 136 Å². The summed E-state index contributed by atoms with van der Waals surface area (Å²) in [6.45, 7) is 14.1. The Kier molecular flexibility index (Phi) is 6.97. The SMILES string of the molecule is CC(C)(C)c1ccc2c(c1)c1c3ccccc3cc3c4c5c6cc(C(C)(C)C)cc7c8c9ccccc9cc(-c9ccc%10c(c9)c9ccccc9n%10-c9ccccc9)c8n(c5ccc4n2c31)c67. The lowest BCUT2D eigenvalue weighted by Gasteiger charge is -2.19. The monoisotopic (exact) mass is 857 g/mol. The van der Waals surface area contributed by atoms with Crippen LogP contribution in [-0.4, -0.2) is 13.4 Å². The molecule has 15 rings (SSSR count). The predicted molar refractivity (Wildman–Crippen MR) is 288 cm³/mol. The molecule has 0 saturated carbocycles. The average molecular weight is 858 g/mol. The van der Waals surface area contributed by atoms with Crippen molar-refractivity contribution < 1.29 is 0 Å². The molecule has 0 saturated heterocycles. The van der Waals surface area contributed by atoms with E-state index in [1.807, 2.05) is 0 Å². The highest BCUT2D eigenvalue weighted by Gasteiger charge is 2.29. The van der Waals surface area contributed by atoms with Crippen molar-refractivity contribution in [2.45, 2.75) is 52.4 Å². The highest BCUT2D eigenvalue weighted by molar-refractivity contribution is 6.40. The minimum absolute atomic E-state index is 0.0372. The summed E-state index contributed by atoms with van der Waals surface area (Å²) in [4.78, 5) is 0. The number of rotatable bonds is 2. The van der Waals surface area contributed by atoms with Gasteiger partial charge in [-0.15, -0.1) is 0 Å². The minimum Gasteiger partial charge on any atom is -0.309 e. The summed E-state index contributed by atoms with van der Waals surface area (Å²) in [6, 6.07) is 67.0. The van der Waals surface area contributed by atoms with E-state index >= 15 is 0 Å². The van der Waals surface area contributed by atoms with Crippen LogP contribution in [0.4, 0.5) is 0 Å². The fraction of sp³-hybridized carbons (Fsp3) is 0.125. The van der Waals surface area contributed by atoms with Crippen LogP contribution in [0, 0.1) is 0 Å². The molecule has 0 radical (unpaired) electrons. The topological polar surface area (TPSA) is 13.8 Å². The standard InChI is InChI=1S/C64H47N3/c1-63(2,3)39-25-27-53-47(33-39)56-42-20-12-11-17-37(42)32-48-58-54(66(53)62(48)56)28-29-55-59(58)50-35-40(64(4,5)6)34-49-57-43-21-13-10-16-36(43)30-45(61(57)67(55)60(49)50)38-24-26-52-46(31-38)44-22-14-15-23-51(44)65(52)41-18-8-7-9-19-41/h7-35H,1-6H3. The van der Waals surface area contributed by atoms with Crippen molar-refractivity contribution in [2.24, 2.45) is 0 Å². The summed E-state index contributed by atoms with van der Waals surface area (Å²) in [5.74, 6) is 0. The van der Waals surface area contributed by atoms with Gasteiger partial charge in [0.15, 0.2) is 0 Å². The largest absolute Gasteiger partial charge is 0.309 e. The summed E-state index contributed by atoms with van der Waals surface area (Å²) < 4.78 is 7.66. The third kappa shape index (κ3) is 4.76. The van der Waals surface area contributed by atoms with Gasteiger partial charge in [0.25, 0.3) is 0 Å². The van der Waals surface area contributed by atoms with Crippen molar-refractivity contribution >= 4 is 120 Å². The van der Waals surface area contributed by atoms with Crippen LogP contribution in [0.15, 0.2) is 176 Å². The lowest BCUT2D eigenvalue weighted by molar-refractivity contribution is 0.591. The summed E-state index contributed by atoms with van der Waals surface area (Å²) in [6.07, 6.45) is 0. The Morgan fingerprint density at radius 3 is 1.57 bits per heavy atom. The van der Waals surface area contributed by atoms with E-state index in [0.717, 1.165) is 0 Å². The normalized spacial score (nSPS) is 13.2. The van der Waals surface area contributed by atoms with Crippen molar-refractivity contribution in [1.82, 2.24) is 13.4 Å². The second-order valence-corrected chi connectivity index (χ2v) is 21.3. The highest BCUT2D eigenvalue weighted by Crippen LogP contribution is 2.52. The lowest BCUT2D eigenvalue weighted by atomic mass is 9.84. The summed E-state index contributed by atoms with van der Waals surface area (Å²) in [5, 5.41) is 18.3. The molecule has 0 aliphatic carbocycles. The molecule has 318 valence electrons. The van der Waals surface area contributed by atoms with Crippen molar-refractivity contribution in [2.75, 3.05) is 0 Å². The molecule has 0 fully saturated rings. The van der Waals surface area contributed by atoms with E-state index in [1.54, 1.807) is 0 Å². The first kappa shape index (κ1) is 37.4.